The number of rotatable bonds is 3. The molecule has 3 heteroatoms. The second kappa shape index (κ2) is 5.47. The van der Waals surface area contributed by atoms with Crippen molar-refractivity contribution in [3.8, 4) is 0 Å². The van der Waals surface area contributed by atoms with Crippen molar-refractivity contribution in [1.82, 2.24) is 4.98 Å². The molecule has 1 aliphatic rings. The van der Waals surface area contributed by atoms with Crippen molar-refractivity contribution in [2.75, 3.05) is 0 Å². The van der Waals surface area contributed by atoms with Gasteiger partial charge in [0.15, 0.2) is 0 Å². The number of aromatic nitrogens is 1. The molecule has 1 fully saturated rings. The molecule has 21 heavy (non-hydrogen) atoms. The van der Waals surface area contributed by atoms with Gasteiger partial charge in [0.1, 0.15) is 0 Å². The highest BCUT2D eigenvalue weighted by Crippen LogP contribution is 2.36. The number of aromatic carboxylic acids is 1. The molecule has 0 bridgehead atoms. The van der Waals surface area contributed by atoms with Gasteiger partial charge >= 0.3 is 5.97 Å². The molecule has 0 unspecified atom stereocenters. The predicted molar refractivity (Wildman–Crippen MR) is 84.0 cm³/mol. The molecule has 1 saturated carbocycles. The number of para-hydroxylation sites is 1. The number of carbonyl (C=O) groups is 1. The molecule has 0 spiro atoms. The first kappa shape index (κ1) is 14.1. The summed E-state index contributed by atoms with van der Waals surface area (Å²) in [5.74, 6) is -0.100. The predicted octanol–water partition coefficient (Wildman–Crippen LogP) is 4.71. The van der Waals surface area contributed by atoms with Gasteiger partial charge in [-0.15, -0.1) is 0 Å². The zero-order valence-corrected chi connectivity index (χ0v) is 12.6. The van der Waals surface area contributed by atoms with E-state index in [9.17, 15) is 9.90 Å². The lowest BCUT2D eigenvalue weighted by Crippen LogP contribution is -2.06. The first-order valence-corrected chi connectivity index (χ1v) is 7.74. The molecule has 3 rings (SSSR count). The number of hydrogen-bond acceptors (Lipinski definition) is 2. The summed E-state index contributed by atoms with van der Waals surface area (Å²) in [6, 6.07) is 7.66. The lowest BCUT2D eigenvalue weighted by molar-refractivity contribution is 0.0699. The average Bonchev–Trinajstić information content (AvgIpc) is 2.99. The molecular weight excluding hydrogens is 262 g/mol. The third-order valence-electron chi connectivity index (χ3n) is 4.52. The van der Waals surface area contributed by atoms with Crippen LogP contribution in [0.5, 0.6) is 0 Å². The van der Waals surface area contributed by atoms with Gasteiger partial charge in [0.2, 0.25) is 0 Å². The van der Waals surface area contributed by atoms with Crippen LogP contribution in [0, 0.1) is 0 Å². The largest absolute Gasteiger partial charge is 0.478 e. The molecule has 1 heterocycles. The van der Waals surface area contributed by atoms with E-state index >= 15 is 0 Å². The van der Waals surface area contributed by atoms with Crippen LogP contribution < -0.4 is 0 Å². The molecule has 1 N–H and O–H groups in total. The number of fused-ring (bicyclic) bond motifs is 1. The summed E-state index contributed by atoms with van der Waals surface area (Å²) in [4.78, 5) is 16.5. The normalized spacial score (nSPS) is 16.0. The summed E-state index contributed by atoms with van der Waals surface area (Å²) in [5, 5.41) is 10.3. The van der Waals surface area contributed by atoms with E-state index in [1.807, 2.05) is 12.1 Å². The van der Waals surface area contributed by atoms with Gasteiger partial charge in [-0.2, -0.15) is 0 Å². The minimum Gasteiger partial charge on any atom is -0.478 e. The number of benzene rings is 1. The van der Waals surface area contributed by atoms with Gasteiger partial charge in [-0.3, -0.25) is 4.98 Å². The highest BCUT2D eigenvalue weighted by molar-refractivity contribution is 6.03. The van der Waals surface area contributed by atoms with Crippen molar-refractivity contribution < 1.29 is 9.90 Å². The first-order valence-electron chi connectivity index (χ1n) is 7.74. The van der Waals surface area contributed by atoms with Crippen LogP contribution in [0.2, 0.25) is 0 Å². The van der Waals surface area contributed by atoms with E-state index in [0.29, 0.717) is 17.4 Å². The quantitative estimate of drug-likeness (QED) is 0.887. The second-order valence-electron chi connectivity index (χ2n) is 6.28. The van der Waals surface area contributed by atoms with E-state index in [2.05, 4.69) is 19.9 Å². The summed E-state index contributed by atoms with van der Waals surface area (Å²) in [6.07, 6.45) is 4.69. The topological polar surface area (TPSA) is 50.2 Å². The zero-order chi connectivity index (χ0) is 15.0. The van der Waals surface area contributed by atoms with Gasteiger partial charge in [-0.1, -0.05) is 44.9 Å². The minimum atomic E-state index is -0.859. The fourth-order valence-electron chi connectivity index (χ4n) is 3.36. The maximum absolute atomic E-state index is 11.6. The Balaban J connectivity index is 2.27. The van der Waals surface area contributed by atoms with Gasteiger partial charge in [0.05, 0.1) is 11.1 Å². The fourth-order valence-corrected chi connectivity index (χ4v) is 3.36. The molecule has 0 saturated heterocycles. The standard InChI is InChI=1S/C18H21NO2/c1-11(2)13-8-5-9-14-15(18(20)21)10-16(19-17(13)14)12-6-3-4-7-12/h5,8-12H,3-4,6-7H2,1-2H3,(H,20,21). The SMILES string of the molecule is CC(C)c1cccc2c(C(=O)O)cc(C3CCCC3)nc12. The Morgan fingerprint density at radius 1 is 1.29 bits per heavy atom. The Hall–Kier alpha value is -1.90. The van der Waals surface area contributed by atoms with Gasteiger partial charge in [0.25, 0.3) is 0 Å². The van der Waals surface area contributed by atoms with Gasteiger partial charge in [0, 0.05) is 17.0 Å². The molecule has 2 aromatic rings. The summed E-state index contributed by atoms with van der Waals surface area (Å²) in [5.41, 5.74) is 3.36. The summed E-state index contributed by atoms with van der Waals surface area (Å²) < 4.78 is 0. The van der Waals surface area contributed by atoms with Crippen LogP contribution in [0.15, 0.2) is 24.3 Å². The molecule has 1 aliphatic carbocycles. The molecule has 0 atom stereocenters. The van der Waals surface area contributed by atoms with Gasteiger partial charge < -0.3 is 5.11 Å². The van der Waals surface area contributed by atoms with Crippen molar-refractivity contribution in [2.24, 2.45) is 0 Å². The van der Waals surface area contributed by atoms with E-state index in [0.717, 1.165) is 35.0 Å². The number of carboxylic acid groups (broad SMARTS) is 1. The maximum Gasteiger partial charge on any atom is 0.336 e. The van der Waals surface area contributed by atoms with Crippen molar-refractivity contribution in [2.45, 2.75) is 51.4 Å². The Kier molecular flexibility index (Phi) is 3.66. The molecule has 1 aromatic carbocycles. The van der Waals surface area contributed by atoms with Crippen LogP contribution in [-0.4, -0.2) is 16.1 Å². The highest BCUT2D eigenvalue weighted by atomic mass is 16.4. The fraction of sp³-hybridized carbons (Fsp3) is 0.444. The van der Waals surface area contributed by atoms with E-state index in [4.69, 9.17) is 4.98 Å². The Morgan fingerprint density at radius 3 is 2.62 bits per heavy atom. The monoisotopic (exact) mass is 283 g/mol. The maximum atomic E-state index is 11.6. The number of nitrogens with zero attached hydrogens (tertiary/aromatic N) is 1. The third kappa shape index (κ3) is 2.53. The van der Waals surface area contributed by atoms with Crippen LogP contribution in [-0.2, 0) is 0 Å². The van der Waals surface area contributed by atoms with Crippen molar-refractivity contribution in [3.05, 3.63) is 41.1 Å². The molecule has 0 aliphatic heterocycles. The van der Waals surface area contributed by atoms with Crippen LogP contribution in [0.3, 0.4) is 0 Å². The Bertz CT molecular complexity index is 685. The second-order valence-corrected chi connectivity index (χ2v) is 6.28. The van der Waals surface area contributed by atoms with Crippen molar-refractivity contribution in [1.29, 1.82) is 0 Å². The number of hydrogen-bond donors (Lipinski definition) is 1. The van der Waals surface area contributed by atoms with Crippen LogP contribution in [0.1, 0.15) is 73.0 Å². The highest BCUT2D eigenvalue weighted by Gasteiger charge is 2.22. The minimum absolute atomic E-state index is 0.335. The average molecular weight is 283 g/mol. The van der Waals surface area contributed by atoms with Crippen molar-refractivity contribution in [3.63, 3.8) is 0 Å². The number of pyridine rings is 1. The first-order chi connectivity index (χ1) is 10.1. The molecule has 3 nitrogen and oxygen atoms in total. The third-order valence-corrected chi connectivity index (χ3v) is 4.52. The number of carboxylic acids is 1. The van der Waals surface area contributed by atoms with Gasteiger partial charge in [-0.05, 0) is 30.4 Å². The van der Waals surface area contributed by atoms with E-state index in [1.54, 1.807) is 6.07 Å². The van der Waals surface area contributed by atoms with Gasteiger partial charge in [-0.25, -0.2) is 4.79 Å². The van der Waals surface area contributed by atoms with E-state index < -0.39 is 5.97 Å². The Morgan fingerprint density at radius 2 is 2.00 bits per heavy atom. The molecule has 1 aromatic heterocycles. The molecular formula is C18H21NO2. The van der Waals surface area contributed by atoms with Crippen LogP contribution in [0.25, 0.3) is 10.9 Å². The molecule has 0 amide bonds. The summed E-state index contributed by atoms with van der Waals surface area (Å²) >= 11 is 0. The zero-order valence-electron chi connectivity index (χ0n) is 12.6. The molecule has 110 valence electrons. The van der Waals surface area contributed by atoms with E-state index in [-0.39, 0.29) is 0 Å². The molecule has 0 radical (unpaired) electrons. The van der Waals surface area contributed by atoms with E-state index in [1.165, 1.54) is 12.8 Å². The lowest BCUT2D eigenvalue weighted by atomic mass is 9.94. The van der Waals surface area contributed by atoms with Crippen LogP contribution >= 0.6 is 0 Å². The Labute approximate surface area is 125 Å². The van der Waals surface area contributed by atoms with Crippen LogP contribution in [0.4, 0.5) is 0 Å². The summed E-state index contributed by atoms with van der Waals surface area (Å²) in [7, 11) is 0. The summed E-state index contributed by atoms with van der Waals surface area (Å²) in [6.45, 7) is 4.25. The lowest BCUT2D eigenvalue weighted by Gasteiger charge is -2.15. The van der Waals surface area contributed by atoms with Crippen molar-refractivity contribution >= 4 is 16.9 Å². The smallest absolute Gasteiger partial charge is 0.336 e.